The summed E-state index contributed by atoms with van der Waals surface area (Å²) in [6, 6.07) is 0.446. The predicted molar refractivity (Wildman–Crippen MR) is 107 cm³/mol. The first-order valence-corrected chi connectivity index (χ1v) is 9.63. The van der Waals surface area contributed by atoms with Crippen LogP contribution in [-0.4, -0.2) is 85.7 Å². The third-order valence-electron chi connectivity index (χ3n) is 6.09. The number of nitrogens with zero attached hydrogens (tertiary/aromatic N) is 4. The Hall–Kier alpha value is -1.37. The minimum Gasteiger partial charge on any atom is -0.379 e. The number of hydrazone groups is 1. The van der Waals surface area contributed by atoms with Crippen molar-refractivity contribution in [2.24, 2.45) is 5.10 Å². The highest BCUT2D eigenvalue weighted by Gasteiger charge is 2.43. The molecule has 2 aliphatic rings. The van der Waals surface area contributed by atoms with Crippen molar-refractivity contribution in [1.82, 2.24) is 14.8 Å². The Morgan fingerprint density at radius 1 is 1.50 bits per heavy atom. The van der Waals surface area contributed by atoms with Crippen LogP contribution in [0.1, 0.15) is 34.1 Å². The Bertz CT molecular complexity index is 542. The Labute approximate surface area is 159 Å². The Kier molecular flexibility index (Phi) is 7.26. The topological polar surface area (TPSA) is 40.5 Å². The fraction of sp³-hybridized carbons (Fsp3) is 0.750. The van der Waals surface area contributed by atoms with Crippen LogP contribution < -0.4 is 0 Å². The molecule has 26 heavy (non-hydrogen) atoms. The molecule has 6 heteroatoms. The molecule has 148 valence electrons. The van der Waals surface area contributed by atoms with Crippen LogP contribution in [0, 0.1) is 0 Å². The highest BCUT2D eigenvalue weighted by Crippen LogP contribution is 2.36. The van der Waals surface area contributed by atoms with Gasteiger partial charge in [-0.2, -0.15) is 5.10 Å². The van der Waals surface area contributed by atoms with Crippen molar-refractivity contribution < 1.29 is 9.47 Å². The Morgan fingerprint density at radius 3 is 2.62 bits per heavy atom. The average Bonchev–Trinajstić information content (AvgIpc) is 3.11. The van der Waals surface area contributed by atoms with Gasteiger partial charge >= 0.3 is 0 Å². The van der Waals surface area contributed by atoms with Crippen LogP contribution in [0.5, 0.6) is 0 Å². The van der Waals surface area contributed by atoms with E-state index in [2.05, 4.69) is 49.2 Å². The van der Waals surface area contributed by atoms with Crippen LogP contribution in [0.15, 0.2) is 29.2 Å². The van der Waals surface area contributed by atoms with Gasteiger partial charge in [0.05, 0.1) is 19.3 Å². The molecule has 0 spiro atoms. The summed E-state index contributed by atoms with van der Waals surface area (Å²) in [5.74, 6) is 0. The van der Waals surface area contributed by atoms with Gasteiger partial charge in [0.2, 0.25) is 0 Å². The van der Waals surface area contributed by atoms with E-state index in [1.165, 1.54) is 11.3 Å². The van der Waals surface area contributed by atoms with Gasteiger partial charge in [-0.1, -0.05) is 6.58 Å². The van der Waals surface area contributed by atoms with Crippen LogP contribution in [0.2, 0.25) is 0 Å². The molecule has 0 saturated carbocycles. The second-order valence-corrected chi connectivity index (χ2v) is 7.24. The predicted octanol–water partition coefficient (Wildman–Crippen LogP) is 2.54. The van der Waals surface area contributed by atoms with Crippen LogP contribution in [0.4, 0.5) is 0 Å². The second-order valence-electron chi connectivity index (χ2n) is 7.24. The van der Waals surface area contributed by atoms with Gasteiger partial charge in [-0.15, -0.1) is 0 Å². The third kappa shape index (κ3) is 3.97. The van der Waals surface area contributed by atoms with E-state index in [9.17, 15) is 0 Å². The fourth-order valence-corrected chi connectivity index (χ4v) is 4.19. The Balaban J connectivity index is 2.46. The van der Waals surface area contributed by atoms with Gasteiger partial charge in [0.25, 0.3) is 0 Å². The van der Waals surface area contributed by atoms with E-state index in [4.69, 9.17) is 9.47 Å². The summed E-state index contributed by atoms with van der Waals surface area (Å²) < 4.78 is 11.7. The zero-order valence-corrected chi connectivity index (χ0v) is 17.4. The summed E-state index contributed by atoms with van der Waals surface area (Å²) in [6.07, 6.45) is 4.80. The number of morpholine rings is 1. The molecule has 0 aliphatic carbocycles. The summed E-state index contributed by atoms with van der Waals surface area (Å²) >= 11 is 0. The lowest BCUT2D eigenvalue weighted by Gasteiger charge is -2.44. The van der Waals surface area contributed by atoms with Crippen molar-refractivity contribution in [2.45, 2.75) is 51.8 Å². The monoisotopic (exact) mass is 364 g/mol. The number of hydrogen-bond donors (Lipinski definition) is 0. The molecule has 1 saturated heterocycles. The summed E-state index contributed by atoms with van der Waals surface area (Å²) in [5.41, 5.74) is 2.08. The quantitative estimate of drug-likeness (QED) is 0.662. The summed E-state index contributed by atoms with van der Waals surface area (Å²) in [4.78, 5) is 4.74. The third-order valence-corrected chi connectivity index (χ3v) is 6.09. The minimum atomic E-state index is -0.433. The maximum Gasteiger partial charge on any atom is 0.110 e. The molecule has 2 aliphatic heterocycles. The first kappa shape index (κ1) is 20.9. The van der Waals surface area contributed by atoms with Crippen molar-refractivity contribution >= 4 is 6.21 Å². The minimum absolute atomic E-state index is 0.183. The SMILES string of the molecule is C=CN(CC)/C(=C(/C)C(C)(OC)[C@H]1CC=NN1C)C(C)N1CCOCC1. The number of ether oxygens (including phenoxy) is 2. The zero-order chi connectivity index (χ0) is 19.3. The highest BCUT2D eigenvalue weighted by atomic mass is 16.5. The Morgan fingerprint density at radius 2 is 2.15 bits per heavy atom. The van der Waals surface area contributed by atoms with E-state index < -0.39 is 5.60 Å². The van der Waals surface area contributed by atoms with E-state index in [1.54, 1.807) is 7.11 Å². The largest absolute Gasteiger partial charge is 0.379 e. The molecule has 0 aromatic rings. The lowest BCUT2D eigenvalue weighted by molar-refractivity contribution is -0.0277. The molecule has 0 N–H and O–H groups in total. The first-order valence-electron chi connectivity index (χ1n) is 9.63. The van der Waals surface area contributed by atoms with Crippen molar-refractivity contribution in [1.29, 1.82) is 0 Å². The number of likely N-dealkylation sites (N-methyl/N-ethyl adjacent to an activating group) is 2. The van der Waals surface area contributed by atoms with Crippen LogP contribution in [-0.2, 0) is 9.47 Å². The molecule has 0 aromatic carbocycles. The van der Waals surface area contributed by atoms with Crippen molar-refractivity contribution in [3.8, 4) is 0 Å². The van der Waals surface area contributed by atoms with Gasteiger partial charge in [-0.25, -0.2) is 0 Å². The summed E-state index contributed by atoms with van der Waals surface area (Å²) in [5, 5.41) is 6.46. The molecule has 0 aromatic heterocycles. The van der Waals surface area contributed by atoms with Gasteiger partial charge in [0.1, 0.15) is 5.60 Å². The van der Waals surface area contributed by atoms with E-state index in [-0.39, 0.29) is 12.1 Å². The molecule has 2 rings (SSSR count). The number of rotatable bonds is 8. The molecule has 0 bridgehead atoms. The molecule has 3 atom stereocenters. The van der Waals surface area contributed by atoms with Gasteiger partial charge < -0.3 is 14.4 Å². The first-order chi connectivity index (χ1) is 12.4. The standard InChI is InChI=1S/C20H36N4O2/c1-8-23(9-2)19(17(4)24-12-14-26-15-13-24)16(3)20(5,25-7)18-10-11-21-22(18)6/h8,11,17-18H,1,9-10,12-15H2,2-7H3/b19-16-/t17?,18-,20?/m1/s1. The van der Waals surface area contributed by atoms with Gasteiger partial charge in [0.15, 0.2) is 0 Å². The van der Waals surface area contributed by atoms with Gasteiger partial charge in [0, 0.05) is 58.2 Å². The van der Waals surface area contributed by atoms with Crippen LogP contribution in [0.3, 0.4) is 0 Å². The molecule has 2 unspecified atom stereocenters. The average molecular weight is 365 g/mol. The summed E-state index contributed by atoms with van der Waals surface area (Å²) in [7, 11) is 3.83. The maximum absolute atomic E-state index is 6.13. The molecule has 0 radical (unpaired) electrons. The van der Waals surface area contributed by atoms with Gasteiger partial charge in [-0.05, 0) is 39.5 Å². The molecular weight excluding hydrogens is 328 g/mol. The summed E-state index contributed by atoms with van der Waals surface area (Å²) in [6.45, 7) is 17.2. The maximum atomic E-state index is 6.13. The number of hydrogen-bond acceptors (Lipinski definition) is 6. The lowest BCUT2D eigenvalue weighted by atomic mass is 9.84. The van der Waals surface area contributed by atoms with Crippen LogP contribution in [0.25, 0.3) is 0 Å². The van der Waals surface area contributed by atoms with E-state index in [0.29, 0.717) is 0 Å². The lowest BCUT2D eigenvalue weighted by Crippen LogP contribution is -2.51. The molecule has 2 heterocycles. The van der Waals surface area contributed by atoms with E-state index >= 15 is 0 Å². The molecular formula is C20H36N4O2. The zero-order valence-electron chi connectivity index (χ0n) is 17.4. The fourth-order valence-electron chi connectivity index (χ4n) is 4.19. The number of methoxy groups -OCH3 is 1. The smallest absolute Gasteiger partial charge is 0.110 e. The van der Waals surface area contributed by atoms with Crippen molar-refractivity contribution in [3.05, 3.63) is 24.0 Å². The van der Waals surface area contributed by atoms with Crippen molar-refractivity contribution in [2.75, 3.05) is 47.0 Å². The molecule has 1 fully saturated rings. The van der Waals surface area contributed by atoms with E-state index in [0.717, 1.165) is 39.3 Å². The van der Waals surface area contributed by atoms with Crippen LogP contribution >= 0.6 is 0 Å². The highest BCUT2D eigenvalue weighted by molar-refractivity contribution is 5.60. The van der Waals surface area contributed by atoms with E-state index in [1.807, 2.05) is 24.5 Å². The van der Waals surface area contributed by atoms with Gasteiger partial charge in [-0.3, -0.25) is 9.91 Å². The molecule has 0 amide bonds. The second kappa shape index (κ2) is 9.02. The van der Waals surface area contributed by atoms with Crippen molar-refractivity contribution in [3.63, 3.8) is 0 Å². The molecule has 6 nitrogen and oxygen atoms in total. The normalized spacial score (nSPS) is 25.6.